The third-order valence-corrected chi connectivity index (χ3v) is 2.54. The second-order valence-electron chi connectivity index (χ2n) is 3.55. The molecule has 4 heteroatoms. The lowest BCUT2D eigenvalue weighted by Crippen LogP contribution is -2.19. The van der Waals surface area contributed by atoms with Crippen molar-refractivity contribution in [2.45, 2.75) is 6.54 Å². The van der Waals surface area contributed by atoms with Crippen molar-refractivity contribution in [1.29, 1.82) is 0 Å². The van der Waals surface area contributed by atoms with E-state index < -0.39 is 0 Å². The molecular formula is C13H10ClNO2. The first-order chi connectivity index (χ1) is 8.20. The molecule has 0 amide bonds. The molecule has 1 aromatic heterocycles. The molecule has 0 aliphatic heterocycles. The number of benzene rings is 1. The van der Waals surface area contributed by atoms with Crippen LogP contribution in [0.4, 0.5) is 0 Å². The Balaban J connectivity index is 2.40. The van der Waals surface area contributed by atoms with E-state index in [2.05, 4.69) is 11.2 Å². The summed E-state index contributed by atoms with van der Waals surface area (Å²) in [5.41, 5.74) is 0.708. The number of rotatable bonds is 3. The van der Waals surface area contributed by atoms with Crippen molar-refractivity contribution >= 4 is 22.6 Å². The van der Waals surface area contributed by atoms with Gasteiger partial charge >= 0.3 is 5.63 Å². The van der Waals surface area contributed by atoms with Gasteiger partial charge in [0.15, 0.2) is 0 Å². The number of terminal acetylenes is 1. The van der Waals surface area contributed by atoms with Gasteiger partial charge in [-0.1, -0.05) is 17.5 Å². The van der Waals surface area contributed by atoms with E-state index in [4.69, 9.17) is 22.4 Å². The highest BCUT2D eigenvalue weighted by Gasteiger charge is 2.05. The van der Waals surface area contributed by atoms with Crippen molar-refractivity contribution in [3.8, 4) is 12.3 Å². The normalized spacial score (nSPS) is 10.4. The predicted octanol–water partition coefficient (Wildman–Crippen LogP) is 2.17. The summed E-state index contributed by atoms with van der Waals surface area (Å²) in [5.74, 6) is 2.44. The van der Waals surface area contributed by atoms with Crippen molar-refractivity contribution in [2.24, 2.45) is 0 Å². The molecule has 1 heterocycles. The van der Waals surface area contributed by atoms with Crippen LogP contribution in [0.5, 0.6) is 0 Å². The molecule has 0 atom stereocenters. The van der Waals surface area contributed by atoms with Gasteiger partial charge in [0.05, 0.1) is 12.1 Å². The fourth-order valence-electron chi connectivity index (χ4n) is 1.53. The van der Waals surface area contributed by atoms with Crippen molar-refractivity contribution in [3.05, 3.63) is 45.3 Å². The zero-order chi connectivity index (χ0) is 12.3. The van der Waals surface area contributed by atoms with Gasteiger partial charge in [0.25, 0.3) is 0 Å². The monoisotopic (exact) mass is 247 g/mol. The zero-order valence-electron chi connectivity index (χ0n) is 9.00. The number of fused-ring (bicyclic) bond motifs is 1. The zero-order valence-corrected chi connectivity index (χ0v) is 9.75. The largest absolute Gasteiger partial charge is 0.422 e. The van der Waals surface area contributed by atoms with Crippen LogP contribution in [0, 0.1) is 12.3 Å². The number of hydrogen-bond acceptors (Lipinski definition) is 3. The molecule has 86 valence electrons. The molecule has 0 saturated heterocycles. The average Bonchev–Trinajstić information content (AvgIpc) is 2.31. The SMILES string of the molecule is C#CCNCc1cc2cc(Cl)ccc2oc1=O. The van der Waals surface area contributed by atoms with Gasteiger partial charge in [-0.15, -0.1) is 6.42 Å². The Bertz CT molecular complexity index is 640. The topological polar surface area (TPSA) is 42.2 Å². The van der Waals surface area contributed by atoms with Crippen molar-refractivity contribution in [1.82, 2.24) is 5.32 Å². The van der Waals surface area contributed by atoms with E-state index in [1.165, 1.54) is 0 Å². The number of halogens is 1. The molecule has 17 heavy (non-hydrogen) atoms. The third kappa shape index (κ3) is 2.68. The molecule has 0 aliphatic carbocycles. The number of hydrogen-bond donors (Lipinski definition) is 1. The second kappa shape index (κ2) is 5.05. The minimum atomic E-state index is -0.357. The summed E-state index contributed by atoms with van der Waals surface area (Å²) in [6, 6.07) is 6.88. The van der Waals surface area contributed by atoms with Gasteiger partial charge in [-0.3, -0.25) is 0 Å². The molecule has 0 bridgehead atoms. The van der Waals surface area contributed by atoms with Gasteiger partial charge in [-0.05, 0) is 24.3 Å². The van der Waals surface area contributed by atoms with Gasteiger partial charge in [0, 0.05) is 17.0 Å². The molecule has 1 N–H and O–H groups in total. The average molecular weight is 248 g/mol. The van der Waals surface area contributed by atoms with E-state index in [1.807, 2.05) is 0 Å². The summed E-state index contributed by atoms with van der Waals surface area (Å²) in [4.78, 5) is 11.6. The Hall–Kier alpha value is -1.76. The highest BCUT2D eigenvalue weighted by Crippen LogP contribution is 2.18. The Morgan fingerprint density at radius 2 is 2.24 bits per heavy atom. The molecule has 2 aromatic rings. The first-order valence-electron chi connectivity index (χ1n) is 5.07. The summed E-state index contributed by atoms with van der Waals surface area (Å²) >= 11 is 5.88. The minimum absolute atomic E-state index is 0.357. The molecule has 0 fully saturated rings. The lowest BCUT2D eigenvalue weighted by Gasteiger charge is -2.02. The lowest BCUT2D eigenvalue weighted by atomic mass is 10.2. The maximum absolute atomic E-state index is 11.6. The van der Waals surface area contributed by atoms with Crippen LogP contribution in [0.25, 0.3) is 11.0 Å². The molecular weight excluding hydrogens is 238 g/mol. The molecule has 3 nitrogen and oxygen atoms in total. The highest BCUT2D eigenvalue weighted by atomic mass is 35.5. The molecule has 0 aliphatic rings. The first kappa shape index (κ1) is 11.7. The molecule has 0 radical (unpaired) electrons. The van der Waals surface area contributed by atoms with Crippen LogP contribution < -0.4 is 10.9 Å². The van der Waals surface area contributed by atoms with Crippen molar-refractivity contribution in [2.75, 3.05) is 6.54 Å². The van der Waals surface area contributed by atoms with E-state index in [1.54, 1.807) is 24.3 Å². The maximum atomic E-state index is 11.6. The smallest absolute Gasteiger partial charge is 0.340 e. The molecule has 0 unspecified atom stereocenters. The van der Waals surface area contributed by atoms with Gasteiger partial charge in [-0.2, -0.15) is 0 Å². The molecule has 1 aromatic carbocycles. The van der Waals surface area contributed by atoms with Gasteiger partial charge in [0.2, 0.25) is 0 Å². The van der Waals surface area contributed by atoms with Crippen LogP contribution in [0.15, 0.2) is 33.5 Å². The van der Waals surface area contributed by atoms with E-state index in [0.717, 1.165) is 5.39 Å². The molecule has 2 rings (SSSR count). The van der Waals surface area contributed by atoms with Crippen LogP contribution in [-0.4, -0.2) is 6.54 Å². The van der Waals surface area contributed by atoms with Crippen molar-refractivity contribution in [3.63, 3.8) is 0 Å². The highest BCUT2D eigenvalue weighted by molar-refractivity contribution is 6.31. The quantitative estimate of drug-likeness (QED) is 0.514. The van der Waals surface area contributed by atoms with Gasteiger partial charge in [-0.25, -0.2) is 4.79 Å². The van der Waals surface area contributed by atoms with E-state index in [0.29, 0.717) is 29.3 Å². The van der Waals surface area contributed by atoms with Crippen molar-refractivity contribution < 1.29 is 4.42 Å². The van der Waals surface area contributed by atoms with Crippen LogP contribution in [-0.2, 0) is 6.54 Å². The summed E-state index contributed by atoms with van der Waals surface area (Å²) in [7, 11) is 0. The Kier molecular flexibility index (Phi) is 3.48. The lowest BCUT2D eigenvalue weighted by molar-refractivity contribution is 0.544. The Morgan fingerprint density at radius 1 is 1.41 bits per heavy atom. The maximum Gasteiger partial charge on any atom is 0.340 e. The summed E-state index contributed by atoms with van der Waals surface area (Å²) in [5, 5.41) is 4.35. The fourth-order valence-corrected chi connectivity index (χ4v) is 1.71. The van der Waals surface area contributed by atoms with Gasteiger partial charge in [0.1, 0.15) is 5.58 Å². The molecule has 0 spiro atoms. The second-order valence-corrected chi connectivity index (χ2v) is 3.99. The van der Waals surface area contributed by atoms with E-state index >= 15 is 0 Å². The summed E-state index contributed by atoms with van der Waals surface area (Å²) in [6.07, 6.45) is 5.11. The van der Waals surface area contributed by atoms with Gasteiger partial charge < -0.3 is 9.73 Å². The minimum Gasteiger partial charge on any atom is -0.422 e. The number of nitrogens with one attached hydrogen (secondary N) is 1. The first-order valence-corrected chi connectivity index (χ1v) is 5.45. The predicted molar refractivity (Wildman–Crippen MR) is 68.0 cm³/mol. The van der Waals surface area contributed by atoms with E-state index in [-0.39, 0.29) is 5.63 Å². The Labute approximate surface area is 103 Å². The van der Waals surface area contributed by atoms with Crippen LogP contribution in [0.2, 0.25) is 5.02 Å². The third-order valence-electron chi connectivity index (χ3n) is 2.31. The standard InChI is InChI=1S/C13H10ClNO2/c1-2-5-15-8-10-6-9-7-11(14)3-4-12(9)17-13(10)16/h1,3-4,6-7,15H,5,8H2. The molecule has 0 saturated carbocycles. The Morgan fingerprint density at radius 3 is 3.00 bits per heavy atom. The van der Waals surface area contributed by atoms with Crippen LogP contribution in [0.1, 0.15) is 5.56 Å². The van der Waals surface area contributed by atoms with Crippen LogP contribution in [0.3, 0.4) is 0 Å². The van der Waals surface area contributed by atoms with E-state index in [9.17, 15) is 4.79 Å². The summed E-state index contributed by atoms with van der Waals surface area (Å²) < 4.78 is 5.17. The fraction of sp³-hybridized carbons (Fsp3) is 0.154. The summed E-state index contributed by atoms with van der Waals surface area (Å²) in [6.45, 7) is 0.794. The van der Waals surface area contributed by atoms with Crippen LogP contribution >= 0.6 is 11.6 Å².